The van der Waals surface area contributed by atoms with E-state index in [0.717, 1.165) is 23.7 Å². The number of benzene rings is 4. The first-order valence-electron chi connectivity index (χ1n) is 10.7. The molecule has 4 aromatic rings. The Balaban J connectivity index is 1.69. The number of nitrogens with zero attached hydrogens (tertiary/aromatic N) is 1. The van der Waals surface area contributed by atoms with Crippen LogP contribution >= 0.6 is 0 Å². The van der Waals surface area contributed by atoms with Gasteiger partial charge in [0.25, 0.3) is 8.32 Å². The summed E-state index contributed by atoms with van der Waals surface area (Å²) >= 11 is 0. The van der Waals surface area contributed by atoms with Crippen LogP contribution in [0.25, 0.3) is 0 Å². The minimum Gasteiger partial charge on any atom is -0.454 e. The van der Waals surface area contributed by atoms with Crippen LogP contribution in [-0.4, -0.2) is 14.5 Å². The highest BCUT2D eigenvalue weighted by atomic mass is 28.4. The van der Waals surface area contributed by atoms with Gasteiger partial charge < -0.3 is 4.53 Å². The molecule has 0 atom stereocenters. The van der Waals surface area contributed by atoms with Crippen molar-refractivity contribution in [2.24, 2.45) is 5.16 Å². The average molecular weight is 422 g/mol. The van der Waals surface area contributed by atoms with Crippen LogP contribution in [0, 0.1) is 0 Å². The summed E-state index contributed by atoms with van der Waals surface area (Å²) in [6.45, 7) is 0. The van der Waals surface area contributed by atoms with E-state index < -0.39 is 8.32 Å². The Labute approximate surface area is 186 Å². The Morgan fingerprint density at radius 3 is 1.26 bits per heavy atom. The van der Waals surface area contributed by atoms with Gasteiger partial charge in [-0.1, -0.05) is 121 Å². The molecule has 0 aliphatic rings. The van der Waals surface area contributed by atoms with E-state index in [1.54, 1.807) is 0 Å². The summed E-state index contributed by atoms with van der Waals surface area (Å²) in [5.41, 5.74) is 4.95. The number of rotatable bonds is 9. The van der Waals surface area contributed by atoms with E-state index in [9.17, 15) is 0 Å². The van der Waals surface area contributed by atoms with E-state index in [0.29, 0.717) is 0 Å². The van der Waals surface area contributed by atoms with Gasteiger partial charge in [-0.05, 0) is 22.3 Å². The highest BCUT2D eigenvalue weighted by Gasteiger charge is 2.39. The summed E-state index contributed by atoms with van der Waals surface area (Å²) in [6, 6.07) is 44.9. The van der Waals surface area contributed by atoms with E-state index in [1.807, 2.05) is 36.5 Å². The number of oxime groups is 1. The van der Waals surface area contributed by atoms with Crippen molar-refractivity contribution in [2.75, 3.05) is 0 Å². The van der Waals surface area contributed by atoms with Gasteiger partial charge >= 0.3 is 0 Å². The third-order valence-electron chi connectivity index (χ3n) is 5.36. The van der Waals surface area contributed by atoms with Crippen LogP contribution in [-0.2, 0) is 22.7 Å². The molecule has 0 radical (unpaired) electrons. The molecule has 0 saturated heterocycles. The fourth-order valence-corrected chi connectivity index (χ4v) is 7.71. The summed E-state index contributed by atoms with van der Waals surface area (Å²) in [7, 11) is -2.37. The Morgan fingerprint density at radius 2 is 0.871 bits per heavy atom. The Bertz CT molecular complexity index is 966. The highest BCUT2D eigenvalue weighted by Crippen LogP contribution is 2.24. The maximum Gasteiger partial charge on any atom is 0.300 e. The Kier molecular flexibility index (Phi) is 7.09. The van der Waals surface area contributed by atoms with Crippen LogP contribution in [0.5, 0.6) is 0 Å². The normalized spacial score (nSPS) is 11.5. The van der Waals surface area contributed by atoms with Gasteiger partial charge in [-0.2, -0.15) is 0 Å². The lowest BCUT2D eigenvalue weighted by Gasteiger charge is -2.29. The molecule has 154 valence electrons. The van der Waals surface area contributed by atoms with Crippen LogP contribution in [0.3, 0.4) is 0 Å². The fraction of sp³-hybridized carbons (Fsp3) is 0.107. The first-order valence-corrected chi connectivity index (χ1v) is 13.2. The summed E-state index contributed by atoms with van der Waals surface area (Å²) in [6.07, 6.45) is 1.84. The molecule has 0 aromatic heterocycles. The molecule has 0 spiro atoms. The molecule has 0 unspecified atom stereocenters. The number of hydrogen-bond donors (Lipinski definition) is 0. The fourth-order valence-electron chi connectivity index (χ4n) is 3.93. The third kappa shape index (κ3) is 6.27. The van der Waals surface area contributed by atoms with Crippen LogP contribution in [0.15, 0.2) is 126 Å². The van der Waals surface area contributed by atoms with Crippen molar-refractivity contribution < 1.29 is 4.53 Å². The topological polar surface area (TPSA) is 21.6 Å². The van der Waals surface area contributed by atoms with Crippen molar-refractivity contribution in [1.29, 1.82) is 0 Å². The molecule has 0 N–H and O–H groups in total. The van der Waals surface area contributed by atoms with Gasteiger partial charge in [-0.25, -0.2) is 0 Å². The van der Waals surface area contributed by atoms with Crippen LogP contribution in [0.4, 0.5) is 0 Å². The van der Waals surface area contributed by atoms with Gasteiger partial charge in [-0.15, -0.1) is 5.16 Å². The lowest BCUT2D eigenvalue weighted by Crippen LogP contribution is -2.46. The van der Waals surface area contributed by atoms with Crippen molar-refractivity contribution >= 4 is 14.5 Å². The molecule has 4 rings (SSSR count). The van der Waals surface area contributed by atoms with Crippen molar-refractivity contribution in [3.05, 3.63) is 144 Å². The predicted octanol–water partition coefficient (Wildman–Crippen LogP) is 6.33. The minimum atomic E-state index is -2.37. The maximum atomic E-state index is 6.55. The van der Waals surface area contributed by atoms with Gasteiger partial charge in [-0.3, -0.25) is 0 Å². The molecule has 0 bridgehead atoms. The second kappa shape index (κ2) is 10.6. The summed E-state index contributed by atoms with van der Waals surface area (Å²) < 4.78 is 6.55. The SMILES string of the molecule is C(=N\O[Si](Cc1ccccc1)(Cc1ccccc1)Cc1ccccc1)/c1ccccc1. The lowest BCUT2D eigenvalue weighted by atomic mass is 10.2. The molecule has 31 heavy (non-hydrogen) atoms. The molecule has 0 amide bonds. The first-order chi connectivity index (χ1) is 15.3. The molecule has 0 fully saturated rings. The Hall–Kier alpha value is -3.43. The van der Waals surface area contributed by atoms with Gasteiger partial charge in [0.05, 0.1) is 6.21 Å². The van der Waals surface area contributed by atoms with Crippen molar-refractivity contribution in [2.45, 2.75) is 18.1 Å². The maximum absolute atomic E-state index is 6.55. The molecule has 0 heterocycles. The zero-order valence-corrected chi connectivity index (χ0v) is 18.6. The van der Waals surface area contributed by atoms with E-state index in [-0.39, 0.29) is 0 Å². The molecule has 0 saturated carbocycles. The van der Waals surface area contributed by atoms with E-state index >= 15 is 0 Å². The molecule has 4 aromatic carbocycles. The Morgan fingerprint density at radius 1 is 0.516 bits per heavy atom. The van der Waals surface area contributed by atoms with Crippen LogP contribution in [0.2, 0.25) is 0 Å². The van der Waals surface area contributed by atoms with E-state index in [1.165, 1.54) is 16.7 Å². The van der Waals surface area contributed by atoms with E-state index in [4.69, 9.17) is 4.53 Å². The molecular formula is C28H27NOSi. The molecular weight excluding hydrogens is 394 g/mol. The van der Waals surface area contributed by atoms with Crippen molar-refractivity contribution in [3.63, 3.8) is 0 Å². The zero-order valence-electron chi connectivity index (χ0n) is 17.6. The summed E-state index contributed by atoms with van der Waals surface area (Å²) in [5, 5.41) is 4.54. The zero-order chi connectivity index (χ0) is 21.2. The molecule has 3 heteroatoms. The van der Waals surface area contributed by atoms with Crippen molar-refractivity contribution in [3.8, 4) is 0 Å². The van der Waals surface area contributed by atoms with Crippen LogP contribution in [0.1, 0.15) is 22.3 Å². The molecule has 2 nitrogen and oxygen atoms in total. The monoisotopic (exact) mass is 421 g/mol. The third-order valence-corrected chi connectivity index (χ3v) is 9.01. The minimum absolute atomic E-state index is 0.907. The van der Waals surface area contributed by atoms with Gasteiger partial charge in [0.15, 0.2) is 0 Å². The predicted molar refractivity (Wildman–Crippen MR) is 131 cm³/mol. The largest absolute Gasteiger partial charge is 0.454 e. The van der Waals surface area contributed by atoms with Crippen molar-refractivity contribution in [1.82, 2.24) is 0 Å². The second-order valence-electron chi connectivity index (χ2n) is 7.91. The second-order valence-corrected chi connectivity index (χ2v) is 11.5. The smallest absolute Gasteiger partial charge is 0.300 e. The quantitative estimate of drug-likeness (QED) is 0.176. The average Bonchev–Trinajstić information content (AvgIpc) is 2.82. The van der Waals surface area contributed by atoms with Gasteiger partial charge in [0.1, 0.15) is 0 Å². The highest BCUT2D eigenvalue weighted by molar-refractivity contribution is 6.72. The lowest BCUT2D eigenvalue weighted by molar-refractivity contribution is 0.319. The molecule has 0 aliphatic carbocycles. The summed E-state index contributed by atoms with van der Waals surface area (Å²) in [4.78, 5) is 0. The first kappa shape index (κ1) is 20.8. The van der Waals surface area contributed by atoms with Crippen LogP contribution < -0.4 is 0 Å². The summed E-state index contributed by atoms with van der Waals surface area (Å²) in [5.74, 6) is 0. The number of hydrogen-bond acceptors (Lipinski definition) is 2. The standard InChI is InChI=1S/C28H27NOSi/c1-5-13-25(14-6-1)21-29-30-31(22-26-15-7-2-8-16-26,23-27-17-9-3-10-18-27)24-28-19-11-4-12-20-28/h1-21H,22-24H2/b29-21+. The molecule has 0 aliphatic heterocycles. The van der Waals surface area contributed by atoms with Gasteiger partial charge in [0, 0.05) is 18.1 Å². The van der Waals surface area contributed by atoms with Gasteiger partial charge in [0.2, 0.25) is 0 Å². The van der Waals surface area contributed by atoms with E-state index in [2.05, 4.69) is 96.2 Å².